The molecule has 0 spiro atoms. The zero-order chi connectivity index (χ0) is 13.2. The molecule has 2 nitrogen and oxygen atoms in total. The summed E-state index contributed by atoms with van der Waals surface area (Å²) in [4.78, 5) is 4.06. The van der Waals surface area contributed by atoms with E-state index in [9.17, 15) is 13.2 Å². The van der Waals surface area contributed by atoms with Crippen molar-refractivity contribution in [3.63, 3.8) is 0 Å². The number of nitrogens with zero attached hydrogens (tertiary/aromatic N) is 1. The normalized spacial score (nSPS) is 11.3. The van der Waals surface area contributed by atoms with Crippen molar-refractivity contribution in [2.45, 2.75) is 13.3 Å². The molecule has 18 heavy (non-hydrogen) atoms. The molecule has 1 aromatic heterocycles. The Kier molecular flexibility index (Phi) is 3.23. The van der Waals surface area contributed by atoms with E-state index < -0.39 is 6.36 Å². The van der Waals surface area contributed by atoms with Gasteiger partial charge in [0.05, 0.1) is 0 Å². The van der Waals surface area contributed by atoms with E-state index in [4.69, 9.17) is 0 Å². The Balaban J connectivity index is 2.22. The maximum absolute atomic E-state index is 12.0. The van der Waals surface area contributed by atoms with Crippen LogP contribution in [0, 0.1) is 6.92 Å². The van der Waals surface area contributed by atoms with Crippen molar-refractivity contribution in [2.75, 3.05) is 0 Å². The van der Waals surface area contributed by atoms with Crippen LogP contribution in [0.25, 0.3) is 11.1 Å². The third-order valence-electron chi connectivity index (χ3n) is 2.32. The quantitative estimate of drug-likeness (QED) is 0.808. The van der Waals surface area contributed by atoms with E-state index >= 15 is 0 Å². The molecule has 1 aromatic carbocycles. The second-order valence-corrected chi connectivity index (χ2v) is 3.76. The lowest BCUT2D eigenvalue weighted by molar-refractivity contribution is -0.274. The van der Waals surface area contributed by atoms with Gasteiger partial charge in [-0.1, -0.05) is 12.1 Å². The highest BCUT2D eigenvalue weighted by molar-refractivity contribution is 5.64. The highest BCUT2D eigenvalue weighted by atomic mass is 19.4. The summed E-state index contributed by atoms with van der Waals surface area (Å²) in [6.07, 6.45) is -3.00. The first-order valence-corrected chi connectivity index (χ1v) is 5.23. The van der Waals surface area contributed by atoms with E-state index in [1.54, 1.807) is 24.4 Å². The summed E-state index contributed by atoms with van der Waals surface area (Å²) in [5.74, 6) is -0.225. The molecule has 2 aromatic rings. The number of ether oxygens (including phenoxy) is 1. The molecular formula is C13H10F3NO. The van der Waals surface area contributed by atoms with Gasteiger partial charge in [-0.2, -0.15) is 0 Å². The van der Waals surface area contributed by atoms with E-state index in [1.165, 1.54) is 12.1 Å². The van der Waals surface area contributed by atoms with Crippen LogP contribution in [0.1, 0.15) is 5.69 Å². The fourth-order valence-electron chi connectivity index (χ4n) is 1.57. The smallest absolute Gasteiger partial charge is 0.406 e. The largest absolute Gasteiger partial charge is 0.573 e. The van der Waals surface area contributed by atoms with Crippen LogP contribution in [0.3, 0.4) is 0 Å². The van der Waals surface area contributed by atoms with Crippen LogP contribution >= 0.6 is 0 Å². The molecule has 0 radical (unpaired) electrons. The van der Waals surface area contributed by atoms with E-state index in [0.717, 1.165) is 16.8 Å². The van der Waals surface area contributed by atoms with Crippen molar-refractivity contribution in [1.29, 1.82) is 0 Å². The minimum absolute atomic E-state index is 0.225. The van der Waals surface area contributed by atoms with Gasteiger partial charge in [-0.15, -0.1) is 13.2 Å². The van der Waals surface area contributed by atoms with Crippen molar-refractivity contribution in [1.82, 2.24) is 4.98 Å². The Hall–Kier alpha value is -2.04. The number of aromatic nitrogens is 1. The van der Waals surface area contributed by atoms with Gasteiger partial charge in [0.2, 0.25) is 0 Å². The van der Waals surface area contributed by atoms with E-state index in [1.807, 2.05) is 13.0 Å². The van der Waals surface area contributed by atoms with Crippen LogP contribution in [0.15, 0.2) is 42.6 Å². The fourth-order valence-corrected chi connectivity index (χ4v) is 1.57. The predicted molar refractivity (Wildman–Crippen MR) is 61.1 cm³/mol. The molecule has 94 valence electrons. The Morgan fingerprint density at radius 2 is 1.67 bits per heavy atom. The van der Waals surface area contributed by atoms with Gasteiger partial charge in [0, 0.05) is 11.9 Å². The van der Waals surface area contributed by atoms with Crippen molar-refractivity contribution >= 4 is 0 Å². The molecule has 0 atom stereocenters. The molecule has 5 heteroatoms. The van der Waals surface area contributed by atoms with E-state index in [-0.39, 0.29) is 5.75 Å². The molecule has 2 rings (SSSR count). The second-order valence-electron chi connectivity index (χ2n) is 3.76. The predicted octanol–water partition coefficient (Wildman–Crippen LogP) is 3.96. The first kappa shape index (κ1) is 12.4. The Labute approximate surface area is 102 Å². The molecule has 0 aliphatic rings. The molecule has 0 saturated carbocycles. The standard InChI is InChI=1S/C13H10F3NO/c1-9-8-11(6-7-17-9)10-2-4-12(5-3-10)18-13(14,15)16/h2-8H,1H3. The average molecular weight is 253 g/mol. The van der Waals surface area contributed by atoms with Crippen LogP contribution in [0.2, 0.25) is 0 Å². The second kappa shape index (κ2) is 4.68. The molecule has 0 unspecified atom stereocenters. The van der Waals surface area contributed by atoms with Gasteiger partial charge in [-0.25, -0.2) is 0 Å². The summed E-state index contributed by atoms with van der Waals surface area (Å²) in [6, 6.07) is 9.40. The van der Waals surface area contributed by atoms with Crippen molar-refractivity contribution in [3.8, 4) is 16.9 Å². The van der Waals surface area contributed by atoms with Gasteiger partial charge in [-0.05, 0) is 42.3 Å². The number of rotatable bonds is 2. The van der Waals surface area contributed by atoms with Crippen LogP contribution in [0.4, 0.5) is 13.2 Å². The molecule has 0 aliphatic carbocycles. The maximum Gasteiger partial charge on any atom is 0.573 e. The van der Waals surface area contributed by atoms with Crippen LogP contribution in [-0.2, 0) is 0 Å². The average Bonchev–Trinajstić information content (AvgIpc) is 2.28. The van der Waals surface area contributed by atoms with Gasteiger partial charge in [0.1, 0.15) is 5.75 Å². The lowest BCUT2D eigenvalue weighted by Crippen LogP contribution is -2.16. The van der Waals surface area contributed by atoms with Crippen molar-refractivity contribution in [2.24, 2.45) is 0 Å². The molecule has 0 N–H and O–H groups in total. The number of hydrogen-bond acceptors (Lipinski definition) is 2. The lowest BCUT2D eigenvalue weighted by atomic mass is 10.1. The summed E-state index contributed by atoms with van der Waals surface area (Å²) >= 11 is 0. The Morgan fingerprint density at radius 3 is 2.22 bits per heavy atom. The Morgan fingerprint density at radius 1 is 1.00 bits per heavy atom. The van der Waals surface area contributed by atoms with Crippen LogP contribution < -0.4 is 4.74 Å². The summed E-state index contributed by atoms with van der Waals surface area (Å²) < 4.78 is 39.8. The molecule has 0 amide bonds. The first-order chi connectivity index (χ1) is 8.44. The molecule has 0 bridgehead atoms. The Bertz CT molecular complexity index is 535. The number of hydrogen-bond donors (Lipinski definition) is 0. The van der Waals surface area contributed by atoms with E-state index in [2.05, 4.69) is 9.72 Å². The number of aryl methyl sites for hydroxylation is 1. The van der Waals surface area contributed by atoms with Gasteiger partial charge in [0.25, 0.3) is 0 Å². The highest BCUT2D eigenvalue weighted by Crippen LogP contribution is 2.26. The SMILES string of the molecule is Cc1cc(-c2ccc(OC(F)(F)F)cc2)ccn1. The summed E-state index contributed by atoms with van der Waals surface area (Å²) in [7, 11) is 0. The number of halogens is 3. The molecule has 0 fully saturated rings. The molecule has 0 aliphatic heterocycles. The van der Waals surface area contributed by atoms with Crippen LogP contribution in [0.5, 0.6) is 5.75 Å². The van der Waals surface area contributed by atoms with Crippen molar-refractivity contribution < 1.29 is 17.9 Å². The van der Waals surface area contributed by atoms with Gasteiger partial charge < -0.3 is 4.74 Å². The topological polar surface area (TPSA) is 22.1 Å². The first-order valence-electron chi connectivity index (χ1n) is 5.23. The van der Waals surface area contributed by atoms with Gasteiger partial charge >= 0.3 is 6.36 Å². The molecule has 1 heterocycles. The summed E-state index contributed by atoms with van der Waals surface area (Å²) in [5, 5.41) is 0. The van der Waals surface area contributed by atoms with E-state index in [0.29, 0.717) is 0 Å². The lowest BCUT2D eigenvalue weighted by Gasteiger charge is -2.09. The number of benzene rings is 1. The summed E-state index contributed by atoms with van der Waals surface area (Å²) in [5.41, 5.74) is 2.57. The maximum atomic E-state index is 12.0. The van der Waals surface area contributed by atoms with Gasteiger partial charge in [-0.3, -0.25) is 4.98 Å². The molecule has 0 saturated heterocycles. The monoisotopic (exact) mass is 253 g/mol. The van der Waals surface area contributed by atoms with Crippen molar-refractivity contribution in [3.05, 3.63) is 48.3 Å². The highest BCUT2D eigenvalue weighted by Gasteiger charge is 2.30. The molecular weight excluding hydrogens is 243 g/mol. The van der Waals surface area contributed by atoms with Gasteiger partial charge in [0.15, 0.2) is 0 Å². The minimum atomic E-state index is -4.66. The zero-order valence-electron chi connectivity index (χ0n) is 9.53. The zero-order valence-corrected chi connectivity index (χ0v) is 9.53. The minimum Gasteiger partial charge on any atom is -0.406 e. The third kappa shape index (κ3) is 3.23. The number of pyridine rings is 1. The fraction of sp³-hybridized carbons (Fsp3) is 0.154. The summed E-state index contributed by atoms with van der Waals surface area (Å²) in [6.45, 7) is 1.85. The number of alkyl halides is 3. The van der Waals surface area contributed by atoms with Crippen LogP contribution in [-0.4, -0.2) is 11.3 Å². The third-order valence-corrected chi connectivity index (χ3v) is 2.32.